The first-order chi connectivity index (χ1) is 18.3. The number of rotatable bonds is 8. The zero-order chi connectivity index (χ0) is 26.7. The van der Waals surface area contributed by atoms with Gasteiger partial charge in [-0.1, -0.05) is 54.6 Å². The average Bonchev–Trinajstić information content (AvgIpc) is 3.47. The summed E-state index contributed by atoms with van der Waals surface area (Å²) in [6.07, 6.45) is 0.537. The van der Waals surface area contributed by atoms with Crippen LogP contribution in [0.2, 0.25) is 0 Å². The maximum Gasteiger partial charge on any atom is 0.338 e. The van der Waals surface area contributed by atoms with Gasteiger partial charge in [-0.3, -0.25) is 4.79 Å². The molecule has 1 atom stereocenters. The SMILES string of the molecule is CCOC(=O)c1ccc2nc(C(=O)NC[C@@H]3CCS(=O)(=O)C3)n(Cc3ccc(-c4ccccc4)cc3)c2c1. The van der Waals surface area contributed by atoms with Crippen molar-refractivity contribution >= 4 is 32.7 Å². The zero-order valence-corrected chi connectivity index (χ0v) is 21.9. The van der Waals surface area contributed by atoms with Crippen LogP contribution >= 0.6 is 0 Å². The second-order valence-corrected chi connectivity index (χ2v) is 11.7. The van der Waals surface area contributed by atoms with Gasteiger partial charge >= 0.3 is 5.97 Å². The van der Waals surface area contributed by atoms with Crippen molar-refractivity contribution in [2.45, 2.75) is 19.9 Å². The largest absolute Gasteiger partial charge is 0.462 e. The summed E-state index contributed by atoms with van der Waals surface area (Å²) in [6, 6.07) is 23.2. The number of amides is 1. The highest BCUT2D eigenvalue weighted by molar-refractivity contribution is 7.91. The number of imidazole rings is 1. The lowest BCUT2D eigenvalue weighted by atomic mass is 10.0. The normalized spacial score (nSPS) is 16.4. The summed E-state index contributed by atoms with van der Waals surface area (Å²) in [4.78, 5) is 30.2. The van der Waals surface area contributed by atoms with Gasteiger partial charge < -0.3 is 14.6 Å². The standard InChI is InChI=1S/C29H29N3O5S/c1-2-37-29(34)24-12-13-25-26(16-24)32(18-20-8-10-23(11-9-20)22-6-4-3-5-7-22)27(31-25)28(33)30-17-21-14-15-38(35,36)19-21/h3-13,16,21H,2,14-15,17-19H2,1H3,(H,30,33)/t21-/m0/s1. The molecule has 8 nitrogen and oxygen atoms in total. The maximum atomic E-state index is 13.3. The molecule has 38 heavy (non-hydrogen) atoms. The van der Waals surface area contributed by atoms with Gasteiger partial charge in [0, 0.05) is 13.1 Å². The molecule has 9 heteroatoms. The van der Waals surface area contributed by atoms with Gasteiger partial charge in [-0.25, -0.2) is 18.2 Å². The molecule has 1 amide bonds. The van der Waals surface area contributed by atoms with Crippen LogP contribution in [0.1, 0.15) is 39.9 Å². The van der Waals surface area contributed by atoms with Crippen LogP contribution in [0.4, 0.5) is 0 Å². The molecule has 1 saturated heterocycles. The van der Waals surface area contributed by atoms with Crippen molar-refractivity contribution in [3.8, 4) is 11.1 Å². The second-order valence-electron chi connectivity index (χ2n) is 9.49. The summed E-state index contributed by atoms with van der Waals surface area (Å²) in [6.45, 7) is 2.63. The van der Waals surface area contributed by atoms with Gasteiger partial charge in [-0.15, -0.1) is 0 Å². The number of hydrogen-bond acceptors (Lipinski definition) is 6. The van der Waals surface area contributed by atoms with Gasteiger partial charge in [0.1, 0.15) is 0 Å². The molecule has 1 fully saturated rings. The Bertz CT molecular complexity index is 1580. The van der Waals surface area contributed by atoms with Crippen LogP contribution in [0.25, 0.3) is 22.2 Å². The molecular weight excluding hydrogens is 502 g/mol. The first-order valence-corrected chi connectivity index (χ1v) is 14.5. The van der Waals surface area contributed by atoms with E-state index < -0.39 is 15.8 Å². The van der Waals surface area contributed by atoms with Crippen molar-refractivity contribution in [1.29, 1.82) is 0 Å². The van der Waals surface area contributed by atoms with E-state index in [1.54, 1.807) is 29.7 Å². The van der Waals surface area contributed by atoms with E-state index in [0.29, 0.717) is 29.6 Å². The fourth-order valence-corrected chi connectivity index (χ4v) is 6.62. The third kappa shape index (κ3) is 5.62. The number of ether oxygens (including phenoxy) is 1. The minimum Gasteiger partial charge on any atom is -0.462 e. The highest BCUT2D eigenvalue weighted by Gasteiger charge is 2.29. The Morgan fingerprint density at radius 1 is 1.03 bits per heavy atom. The maximum absolute atomic E-state index is 13.3. The highest BCUT2D eigenvalue weighted by Crippen LogP contribution is 2.24. The lowest BCUT2D eigenvalue weighted by Gasteiger charge is -2.13. The number of carbonyl (C=O) groups is 2. The molecule has 3 aromatic carbocycles. The van der Waals surface area contributed by atoms with Gasteiger partial charge in [0.2, 0.25) is 0 Å². The third-order valence-corrected chi connectivity index (χ3v) is 8.58. The van der Waals surface area contributed by atoms with Crippen molar-refractivity contribution in [3.63, 3.8) is 0 Å². The number of hydrogen-bond donors (Lipinski definition) is 1. The van der Waals surface area contributed by atoms with E-state index in [1.807, 2.05) is 54.6 Å². The van der Waals surface area contributed by atoms with Crippen LogP contribution in [-0.2, 0) is 21.1 Å². The van der Waals surface area contributed by atoms with Gasteiger partial charge in [0.25, 0.3) is 5.91 Å². The number of benzene rings is 3. The van der Waals surface area contributed by atoms with Crippen LogP contribution in [0.3, 0.4) is 0 Å². The molecule has 0 unspecified atom stereocenters. The molecule has 1 aliphatic heterocycles. The van der Waals surface area contributed by atoms with E-state index in [1.165, 1.54) is 0 Å². The molecule has 196 valence electrons. The van der Waals surface area contributed by atoms with E-state index in [4.69, 9.17) is 4.74 Å². The van der Waals surface area contributed by atoms with Crippen LogP contribution in [-0.4, -0.2) is 54.5 Å². The number of sulfone groups is 1. The highest BCUT2D eigenvalue weighted by atomic mass is 32.2. The van der Waals surface area contributed by atoms with Gasteiger partial charge in [0.05, 0.1) is 34.7 Å². The minimum atomic E-state index is -3.03. The Morgan fingerprint density at radius 3 is 2.45 bits per heavy atom. The first-order valence-electron chi connectivity index (χ1n) is 12.6. The second kappa shape index (κ2) is 10.8. The van der Waals surface area contributed by atoms with Crippen LogP contribution < -0.4 is 5.32 Å². The summed E-state index contributed by atoms with van der Waals surface area (Å²) in [5.41, 5.74) is 4.74. The fourth-order valence-electron chi connectivity index (χ4n) is 4.76. The molecule has 0 saturated carbocycles. The Kier molecular flexibility index (Phi) is 7.28. The average molecular weight is 532 g/mol. The van der Waals surface area contributed by atoms with E-state index in [-0.39, 0.29) is 42.3 Å². The summed E-state index contributed by atoms with van der Waals surface area (Å²) >= 11 is 0. The van der Waals surface area contributed by atoms with Crippen molar-refractivity contribution in [2.24, 2.45) is 5.92 Å². The molecule has 5 rings (SSSR count). The van der Waals surface area contributed by atoms with Gasteiger partial charge in [-0.2, -0.15) is 0 Å². The van der Waals surface area contributed by atoms with E-state index in [9.17, 15) is 18.0 Å². The van der Waals surface area contributed by atoms with E-state index in [0.717, 1.165) is 16.7 Å². The van der Waals surface area contributed by atoms with Crippen molar-refractivity contribution < 1.29 is 22.7 Å². The van der Waals surface area contributed by atoms with E-state index >= 15 is 0 Å². The molecule has 0 aliphatic carbocycles. The lowest BCUT2D eigenvalue weighted by molar-refractivity contribution is 0.0526. The van der Waals surface area contributed by atoms with Gasteiger partial charge in [-0.05, 0) is 54.2 Å². The number of fused-ring (bicyclic) bond motifs is 1. The molecule has 4 aromatic rings. The number of nitrogens with one attached hydrogen (secondary N) is 1. The molecule has 0 bridgehead atoms. The summed E-state index contributed by atoms with van der Waals surface area (Å²) in [7, 11) is -3.03. The lowest BCUT2D eigenvalue weighted by Crippen LogP contribution is -2.32. The molecule has 0 spiro atoms. The topological polar surface area (TPSA) is 107 Å². The zero-order valence-electron chi connectivity index (χ0n) is 21.1. The summed E-state index contributed by atoms with van der Waals surface area (Å²) in [5.74, 6) is -0.495. The third-order valence-electron chi connectivity index (χ3n) is 6.74. The molecule has 2 heterocycles. The van der Waals surface area contributed by atoms with Crippen LogP contribution in [0.15, 0.2) is 72.8 Å². The summed E-state index contributed by atoms with van der Waals surface area (Å²) < 4.78 is 30.6. The number of carbonyl (C=O) groups excluding carboxylic acids is 2. The van der Waals surface area contributed by atoms with Crippen molar-refractivity contribution in [2.75, 3.05) is 24.7 Å². The van der Waals surface area contributed by atoms with E-state index in [2.05, 4.69) is 10.3 Å². The predicted molar refractivity (Wildman–Crippen MR) is 146 cm³/mol. The Balaban J connectivity index is 1.46. The molecule has 1 aromatic heterocycles. The molecule has 1 aliphatic rings. The fraction of sp³-hybridized carbons (Fsp3) is 0.276. The monoisotopic (exact) mass is 531 g/mol. The Hall–Kier alpha value is -3.98. The van der Waals surface area contributed by atoms with Crippen molar-refractivity contribution in [3.05, 3.63) is 89.7 Å². The number of aromatic nitrogens is 2. The number of nitrogens with zero attached hydrogens (tertiary/aromatic N) is 2. The Morgan fingerprint density at radius 2 is 1.76 bits per heavy atom. The first kappa shape index (κ1) is 25.7. The Labute approximate surface area is 221 Å². The van der Waals surface area contributed by atoms with Crippen LogP contribution in [0, 0.1) is 5.92 Å². The minimum absolute atomic E-state index is 0.0837. The molecule has 1 N–H and O–H groups in total. The van der Waals surface area contributed by atoms with Crippen molar-refractivity contribution in [1.82, 2.24) is 14.9 Å². The quantitative estimate of drug-likeness (QED) is 0.343. The molecule has 0 radical (unpaired) electrons. The van der Waals surface area contributed by atoms with Gasteiger partial charge in [0.15, 0.2) is 15.7 Å². The molecular formula is C29H29N3O5S. The number of esters is 1. The summed E-state index contributed by atoms with van der Waals surface area (Å²) in [5, 5.41) is 2.88. The smallest absolute Gasteiger partial charge is 0.338 e. The predicted octanol–water partition coefficient (Wildman–Crippen LogP) is 4.09. The van der Waals surface area contributed by atoms with Crippen LogP contribution in [0.5, 0.6) is 0 Å².